The van der Waals surface area contributed by atoms with Gasteiger partial charge in [0.2, 0.25) is 0 Å². The van der Waals surface area contributed by atoms with Crippen molar-refractivity contribution in [1.82, 2.24) is 4.98 Å². The van der Waals surface area contributed by atoms with Crippen molar-refractivity contribution in [3.05, 3.63) is 57.3 Å². The van der Waals surface area contributed by atoms with Gasteiger partial charge in [-0.2, -0.15) is 0 Å². The Labute approximate surface area is 172 Å². The fourth-order valence-electron chi connectivity index (χ4n) is 3.46. The van der Waals surface area contributed by atoms with Gasteiger partial charge >= 0.3 is 0 Å². The molecule has 3 heterocycles. The summed E-state index contributed by atoms with van der Waals surface area (Å²) in [6.07, 6.45) is 4.49. The van der Waals surface area contributed by atoms with E-state index >= 15 is 0 Å². The van der Waals surface area contributed by atoms with Gasteiger partial charge in [-0.15, -0.1) is 22.7 Å². The van der Waals surface area contributed by atoms with Crippen LogP contribution < -0.4 is 5.32 Å². The Hall–Kier alpha value is -1.96. The second kappa shape index (κ2) is 6.89. The van der Waals surface area contributed by atoms with Gasteiger partial charge in [0.25, 0.3) is 5.91 Å². The molecule has 7 heteroatoms. The van der Waals surface area contributed by atoms with E-state index in [0.29, 0.717) is 10.4 Å². The van der Waals surface area contributed by atoms with Crippen LogP contribution >= 0.6 is 38.6 Å². The van der Waals surface area contributed by atoms with Crippen LogP contribution in [0.4, 0.5) is 5.00 Å². The number of rotatable bonds is 3. The number of aryl methyl sites for hydroxylation is 1. The predicted molar refractivity (Wildman–Crippen MR) is 114 cm³/mol. The van der Waals surface area contributed by atoms with Crippen LogP contribution in [0.15, 0.2) is 45.5 Å². The van der Waals surface area contributed by atoms with Crippen LogP contribution in [-0.4, -0.2) is 10.9 Å². The SMILES string of the molecule is O=C(Nc1sc2c(c1-c1nc3ccccc3s1)CCCC2)c1ccc(Br)o1. The highest BCUT2D eigenvalue weighted by atomic mass is 79.9. The van der Waals surface area contributed by atoms with Crippen molar-refractivity contribution in [3.63, 3.8) is 0 Å². The summed E-state index contributed by atoms with van der Waals surface area (Å²) in [6, 6.07) is 11.6. The maximum Gasteiger partial charge on any atom is 0.292 e. The molecule has 1 amide bonds. The fraction of sp³-hybridized carbons (Fsp3) is 0.200. The zero-order chi connectivity index (χ0) is 18.4. The van der Waals surface area contributed by atoms with Crippen molar-refractivity contribution < 1.29 is 9.21 Å². The zero-order valence-corrected chi connectivity index (χ0v) is 17.5. The second-order valence-corrected chi connectivity index (χ2v) is 9.38. The average molecular weight is 459 g/mol. The van der Waals surface area contributed by atoms with Crippen LogP contribution in [0, 0.1) is 0 Å². The van der Waals surface area contributed by atoms with Gasteiger partial charge in [-0.25, -0.2) is 4.98 Å². The molecule has 3 aromatic heterocycles. The molecule has 4 nitrogen and oxygen atoms in total. The Balaban J connectivity index is 1.60. The third-order valence-corrected chi connectivity index (χ3v) is 7.39. The number of carbonyl (C=O) groups excluding carboxylic acids is 1. The smallest absolute Gasteiger partial charge is 0.292 e. The van der Waals surface area contributed by atoms with Crippen LogP contribution in [0.25, 0.3) is 20.8 Å². The van der Waals surface area contributed by atoms with E-state index in [1.807, 2.05) is 18.2 Å². The van der Waals surface area contributed by atoms with Gasteiger partial charge in [-0.05, 0) is 71.4 Å². The summed E-state index contributed by atoms with van der Waals surface area (Å²) in [5, 5.41) is 4.92. The van der Waals surface area contributed by atoms with E-state index in [2.05, 4.69) is 27.3 Å². The molecule has 4 aromatic rings. The molecule has 0 aliphatic heterocycles. The van der Waals surface area contributed by atoms with Gasteiger partial charge in [0.15, 0.2) is 10.4 Å². The summed E-state index contributed by atoms with van der Waals surface area (Å²) in [6.45, 7) is 0. The predicted octanol–water partition coefficient (Wildman–Crippen LogP) is 6.51. The molecule has 136 valence electrons. The number of fused-ring (bicyclic) bond motifs is 2. The van der Waals surface area contributed by atoms with Crippen LogP contribution in [0.1, 0.15) is 33.8 Å². The topological polar surface area (TPSA) is 55.1 Å². The third-order valence-electron chi connectivity index (χ3n) is 4.70. The van der Waals surface area contributed by atoms with Gasteiger partial charge in [0, 0.05) is 10.4 Å². The largest absolute Gasteiger partial charge is 0.444 e. The first kappa shape index (κ1) is 17.2. The summed E-state index contributed by atoms with van der Waals surface area (Å²) in [7, 11) is 0. The lowest BCUT2D eigenvalue weighted by Gasteiger charge is -2.11. The van der Waals surface area contributed by atoms with Gasteiger partial charge < -0.3 is 9.73 Å². The number of benzene rings is 1. The van der Waals surface area contributed by atoms with Crippen molar-refractivity contribution in [2.45, 2.75) is 25.7 Å². The highest BCUT2D eigenvalue weighted by Gasteiger charge is 2.25. The molecule has 5 rings (SSSR count). The number of thiazole rings is 1. The zero-order valence-electron chi connectivity index (χ0n) is 14.3. The molecule has 0 bridgehead atoms. The number of furan rings is 1. The molecule has 1 aromatic carbocycles. The lowest BCUT2D eigenvalue weighted by molar-refractivity contribution is 0.0996. The number of amides is 1. The molecular weight excluding hydrogens is 444 g/mol. The standard InChI is InChI=1S/C20H15BrN2O2S2/c21-16-10-9-13(25-16)18(24)23-20-17(11-5-1-3-7-14(11)26-20)19-22-12-6-2-4-8-15(12)27-19/h2,4,6,8-10H,1,3,5,7H2,(H,23,24). The Morgan fingerprint density at radius 1 is 1.11 bits per heavy atom. The Morgan fingerprint density at radius 3 is 2.78 bits per heavy atom. The number of thiophene rings is 1. The molecule has 1 aliphatic rings. The normalized spacial score (nSPS) is 13.7. The minimum Gasteiger partial charge on any atom is -0.444 e. The van der Waals surface area contributed by atoms with E-state index in [9.17, 15) is 4.79 Å². The van der Waals surface area contributed by atoms with E-state index in [-0.39, 0.29) is 5.91 Å². The number of hydrogen-bond acceptors (Lipinski definition) is 5. The van der Waals surface area contributed by atoms with E-state index in [4.69, 9.17) is 9.40 Å². The Bertz CT molecular complexity index is 1130. The quantitative estimate of drug-likeness (QED) is 0.380. The lowest BCUT2D eigenvalue weighted by atomic mass is 9.96. The van der Waals surface area contributed by atoms with Crippen LogP contribution in [-0.2, 0) is 12.8 Å². The first-order valence-corrected chi connectivity index (χ1v) is 11.2. The maximum absolute atomic E-state index is 12.7. The molecule has 1 aliphatic carbocycles. The monoisotopic (exact) mass is 458 g/mol. The summed E-state index contributed by atoms with van der Waals surface area (Å²) >= 11 is 6.61. The maximum atomic E-state index is 12.7. The fourth-order valence-corrected chi connectivity index (χ4v) is 6.16. The summed E-state index contributed by atoms with van der Waals surface area (Å²) in [4.78, 5) is 18.9. The molecule has 0 saturated carbocycles. The number of nitrogens with one attached hydrogen (secondary N) is 1. The molecule has 1 N–H and O–H groups in total. The Morgan fingerprint density at radius 2 is 1.96 bits per heavy atom. The highest BCUT2D eigenvalue weighted by molar-refractivity contribution is 9.10. The average Bonchev–Trinajstić information content (AvgIpc) is 3.36. The molecular formula is C20H15BrN2O2S2. The first-order valence-electron chi connectivity index (χ1n) is 8.76. The van der Waals surface area contributed by atoms with Gasteiger partial charge in [-0.1, -0.05) is 12.1 Å². The Kier molecular flexibility index (Phi) is 4.38. The minimum atomic E-state index is -0.235. The van der Waals surface area contributed by atoms with Gasteiger partial charge in [0.1, 0.15) is 10.0 Å². The molecule has 27 heavy (non-hydrogen) atoms. The van der Waals surface area contributed by atoms with Crippen molar-refractivity contribution in [1.29, 1.82) is 0 Å². The van der Waals surface area contributed by atoms with Crippen molar-refractivity contribution in [2.75, 3.05) is 5.32 Å². The summed E-state index contributed by atoms with van der Waals surface area (Å²) < 4.78 is 7.12. The van der Waals surface area contributed by atoms with E-state index in [1.165, 1.54) is 23.3 Å². The third kappa shape index (κ3) is 3.13. The molecule has 0 saturated heterocycles. The number of halogens is 1. The number of carbonyl (C=O) groups is 1. The molecule has 0 atom stereocenters. The minimum absolute atomic E-state index is 0.235. The lowest BCUT2D eigenvalue weighted by Crippen LogP contribution is -2.10. The first-order chi connectivity index (χ1) is 13.2. The van der Waals surface area contributed by atoms with Crippen LogP contribution in [0.5, 0.6) is 0 Å². The second-order valence-electron chi connectivity index (χ2n) is 6.46. The number of nitrogens with zero attached hydrogens (tertiary/aromatic N) is 1. The van der Waals surface area contributed by atoms with Gasteiger partial charge in [0.05, 0.1) is 10.2 Å². The number of anilines is 1. The number of hydrogen-bond donors (Lipinski definition) is 1. The molecule has 0 unspecified atom stereocenters. The van der Waals surface area contributed by atoms with E-state index < -0.39 is 0 Å². The van der Waals surface area contributed by atoms with E-state index in [0.717, 1.165) is 38.6 Å². The summed E-state index contributed by atoms with van der Waals surface area (Å²) in [5.41, 5.74) is 3.44. The van der Waals surface area contributed by atoms with Crippen LogP contribution in [0.3, 0.4) is 0 Å². The van der Waals surface area contributed by atoms with Crippen molar-refractivity contribution >= 4 is 59.7 Å². The van der Waals surface area contributed by atoms with E-state index in [1.54, 1.807) is 34.8 Å². The number of aromatic nitrogens is 1. The van der Waals surface area contributed by atoms with Crippen LogP contribution in [0.2, 0.25) is 0 Å². The molecule has 0 radical (unpaired) electrons. The number of para-hydroxylation sites is 1. The molecule has 0 spiro atoms. The van der Waals surface area contributed by atoms with Crippen molar-refractivity contribution in [2.24, 2.45) is 0 Å². The van der Waals surface area contributed by atoms with Crippen molar-refractivity contribution in [3.8, 4) is 10.6 Å². The highest BCUT2D eigenvalue weighted by Crippen LogP contribution is 2.46. The molecule has 0 fully saturated rings. The van der Waals surface area contributed by atoms with Gasteiger partial charge in [-0.3, -0.25) is 4.79 Å². The summed E-state index contributed by atoms with van der Waals surface area (Å²) in [5.74, 6) is 0.0603.